The normalized spacial score (nSPS) is 14.3. The molecule has 0 unspecified atom stereocenters. The van der Waals surface area contributed by atoms with Crippen LogP contribution in [0.1, 0.15) is 46.8 Å². The highest BCUT2D eigenvalue weighted by atomic mass is 35.5. The van der Waals surface area contributed by atoms with E-state index in [0.29, 0.717) is 28.6 Å². The van der Waals surface area contributed by atoms with E-state index in [1.165, 1.54) is 6.42 Å². The van der Waals surface area contributed by atoms with Crippen molar-refractivity contribution in [3.05, 3.63) is 94.5 Å². The summed E-state index contributed by atoms with van der Waals surface area (Å²) in [5.41, 5.74) is 3.12. The van der Waals surface area contributed by atoms with Gasteiger partial charge in [-0.15, -0.1) is 0 Å². The molecule has 3 aromatic carbocycles. The van der Waals surface area contributed by atoms with Crippen molar-refractivity contribution in [2.24, 2.45) is 0 Å². The third-order valence-electron chi connectivity index (χ3n) is 6.17. The van der Waals surface area contributed by atoms with Crippen LogP contribution in [-0.4, -0.2) is 36.9 Å². The second kappa shape index (κ2) is 11.9. The molecule has 182 valence electrons. The molecule has 7 heteroatoms. The van der Waals surface area contributed by atoms with Gasteiger partial charge in [0.1, 0.15) is 11.8 Å². The summed E-state index contributed by atoms with van der Waals surface area (Å²) in [6.07, 6.45) is 3.33. The Hall–Kier alpha value is -3.35. The number of hydrogen-bond acceptors (Lipinski definition) is 4. The maximum absolute atomic E-state index is 13.2. The number of carbonyl (C=O) groups excluding carboxylic acids is 2. The summed E-state index contributed by atoms with van der Waals surface area (Å²) in [5.74, 6) is 0.433. The SMILES string of the molecule is COc1ccc(NC(=O)[C@H](NCc2ccc(C(=O)N3CCCCC3)cc2)c2ccccc2)cc1Cl. The Bertz CT molecular complexity index is 1150. The Labute approximate surface area is 211 Å². The number of likely N-dealkylation sites (tertiary alicyclic amines) is 1. The molecule has 1 heterocycles. The lowest BCUT2D eigenvalue weighted by Crippen LogP contribution is -2.35. The molecule has 6 nitrogen and oxygen atoms in total. The van der Waals surface area contributed by atoms with Crippen molar-refractivity contribution < 1.29 is 14.3 Å². The number of piperidine rings is 1. The van der Waals surface area contributed by atoms with Crippen LogP contribution in [-0.2, 0) is 11.3 Å². The monoisotopic (exact) mass is 491 g/mol. The zero-order valence-electron chi connectivity index (χ0n) is 19.8. The molecule has 1 saturated heterocycles. The number of hydrogen-bond donors (Lipinski definition) is 2. The number of nitrogens with zero attached hydrogens (tertiary/aromatic N) is 1. The number of anilines is 1. The van der Waals surface area contributed by atoms with Gasteiger partial charge in [0.05, 0.1) is 12.1 Å². The van der Waals surface area contributed by atoms with Gasteiger partial charge < -0.3 is 15.0 Å². The number of nitrogens with one attached hydrogen (secondary N) is 2. The van der Waals surface area contributed by atoms with Crippen LogP contribution in [0.15, 0.2) is 72.8 Å². The number of benzene rings is 3. The van der Waals surface area contributed by atoms with Gasteiger partial charge in [-0.05, 0) is 60.7 Å². The molecule has 1 aliphatic heterocycles. The first-order valence-electron chi connectivity index (χ1n) is 11.9. The van der Waals surface area contributed by atoms with Crippen LogP contribution in [0.25, 0.3) is 0 Å². The number of ether oxygens (including phenoxy) is 1. The Balaban J connectivity index is 1.44. The van der Waals surface area contributed by atoms with E-state index in [1.807, 2.05) is 59.5 Å². The molecule has 0 bridgehead atoms. The first-order chi connectivity index (χ1) is 17.0. The van der Waals surface area contributed by atoms with Crippen molar-refractivity contribution in [2.45, 2.75) is 31.8 Å². The minimum Gasteiger partial charge on any atom is -0.495 e. The van der Waals surface area contributed by atoms with E-state index in [1.54, 1.807) is 25.3 Å². The molecule has 1 aliphatic rings. The van der Waals surface area contributed by atoms with E-state index in [-0.39, 0.29) is 11.8 Å². The van der Waals surface area contributed by atoms with Crippen LogP contribution in [0.4, 0.5) is 5.69 Å². The van der Waals surface area contributed by atoms with Gasteiger partial charge in [-0.25, -0.2) is 0 Å². The van der Waals surface area contributed by atoms with E-state index < -0.39 is 6.04 Å². The lowest BCUT2D eigenvalue weighted by Gasteiger charge is -2.26. The summed E-state index contributed by atoms with van der Waals surface area (Å²) in [5, 5.41) is 6.72. The van der Waals surface area contributed by atoms with Crippen LogP contribution in [0.2, 0.25) is 5.02 Å². The quantitative estimate of drug-likeness (QED) is 0.440. The number of halogens is 1. The topological polar surface area (TPSA) is 70.7 Å². The third kappa shape index (κ3) is 6.41. The van der Waals surface area contributed by atoms with E-state index in [0.717, 1.165) is 37.1 Å². The van der Waals surface area contributed by atoms with Gasteiger partial charge in [-0.3, -0.25) is 14.9 Å². The van der Waals surface area contributed by atoms with Gasteiger partial charge in [-0.2, -0.15) is 0 Å². The minimum absolute atomic E-state index is 0.0869. The first-order valence-corrected chi connectivity index (χ1v) is 12.2. The Morgan fingerprint density at radius 1 is 0.971 bits per heavy atom. The zero-order valence-corrected chi connectivity index (χ0v) is 20.6. The summed E-state index contributed by atoms with van der Waals surface area (Å²) < 4.78 is 5.19. The molecular formula is C28H30ClN3O3. The van der Waals surface area contributed by atoms with E-state index in [2.05, 4.69) is 10.6 Å². The standard InChI is InChI=1S/C28H30ClN3O3/c1-35-25-15-14-23(18-24(25)29)31-27(33)26(21-8-4-2-5-9-21)30-19-20-10-12-22(13-11-20)28(34)32-16-6-3-7-17-32/h2,4-5,8-15,18,26,30H,3,6-7,16-17,19H2,1H3,(H,31,33)/t26-/m1/s1. The molecule has 2 amide bonds. The highest BCUT2D eigenvalue weighted by Gasteiger charge is 2.21. The van der Waals surface area contributed by atoms with Crippen molar-refractivity contribution in [3.8, 4) is 5.75 Å². The van der Waals surface area contributed by atoms with Crippen LogP contribution >= 0.6 is 11.6 Å². The van der Waals surface area contributed by atoms with Crippen molar-refractivity contribution in [3.63, 3.8) is 0 Å². The fraction of sp³-hybridized carbons (Fsp3) is 0.286. The smallest absolute Gasteiger partial charge is 0.253 e. The highest BCUT2D eigenvalue weighted by Crippen LogP contribution is 2.28. The predicted octanol–water partition coefficient (Wildman–Crippen LogP) is 5.44. The summed E-state index contributed by atoms with van der Waals surface area (Å²) >= 11 is 6.22. The molecule has 2 N–H and O–H groups in total. The summed E-state index contributed by atoms with van der Waals surface area (Å²) in [7, 11) is 1.55. The predicted molar refractivity (Wildman–Crippen MR) is 139 cm³/mol. The number of rotatable bonds is 8. The molecule has 0 radical (unpaired) electrons. The maximum atomic E-state index is 13.2. The van der Waals surface area contributed by atoms with Crippen LogP contribution < -0.4 is 15.4 Å². The van der Waals surface area contributed by atoms with Crippen molar-refractivity contribution in [1.29, 1.82) is 0 Å². The fourth-order valence-corrected chi connectivity index (χ4v) is 4.49. The number of carbonyl (C=O) groups is 2. The summed E-state index contributed by atoms with van der Waals surface area (Å²) in [6, 6.07) is 21.7. The van der Waals surface area contributed by atoms with E-state index in [4.69, 9.17) is 16.3 Å². The lowest BCUT2D eigenvalue weighted by molar-refractivity contribution is -0.118. The average Bonchev–Trinajstić information content (AvgIpc) is 2.90. The lowest BCUT2D eigenvalue weighted by atomic mass is 10.0. The van der Waals surface area contributed by atoms with Crippen molar-refractivity contribution in [1.82, 2.24) is 10.2 Å². The third-order valence-corrected chi connectivity index (χ3v) is 6.46. The van der Waals surface area contributed by atoms with Gasteiger partial charge in [0, 0.05) is 30.9 Å². The summed E-state index contributed by atoms with van der Waals surface area (Å²) in [6.45, 7) is 2.12. The van der Waals surface area contributed by atoms with Crippen LogP contribution in [0, 0.1) is 0 Å². The maximum Gasteiger partial charge on any atom is 0.253 e. The zero-order chi connectivity index (χ0) is 24.6. The van der Waals surface area contributed by atoms with E-state index >= 15 is 0 Å². The number of methoxy groups -OCH3 is 1. The summed E-state index contributed by atoms with van der Waals surface area (Å²) in [4.78, 5) is 27.9. The van der Waals surface area contributed by atoms with Gasteiger partial charge in [-0.1, -0.05) is 54.1 Å². The molecule has 1 atom stereocenters. The van der Waals surface area contributed by atoms with Crippen LogP contribution in [0.5, 0.6) is 5.75 Å². The molecule has 3 aromatic rings. The highest BCUT2D eigenvalue weighted by molar-refractivity contribution is 6.32. The molecule has 4 rings (SSSR count). The minimum atomic E-state index is -0.577. The fourth-order valence-electron chi connectivity index (χ4n) is 4.23. The Morgan fingerprint density at radius 2 is 1.69 bits per heavy atom. The average molecular weight is 492 g/mol. The Morgan fingerprint density at radius 3 is 2.34 bits per heavy atom. The molecular weight excluding hydrogens is 462 g/mol. The van der Waals surface area contributed by atoms with Crippen LogP contribution in [0.3, 0.4) is 0 Å². The van der Waals surface area contributed by atoms with Gasteiger partial charge >= 0.3 is 0 Å². The van der Waals surface area contributed by atoms with Gasteiger partial charge in [0.15, 0.2) is 0 Å². The van der Waals surface area contributed by atoms with Gasteiger partial charge in [0.2, 0.25) is 5.91 Å². The number of amides is 2. The second-order valence-electron chi connectivity index (χ2n) is 8.61. The first kappa shape index (κ1) is 24.8. The Kier molecular flexibility index (Phi) is 8.40. The van der Waals surface area contributed by atoms with E-state index in [9.17, 15) is 9.59 Å². The molecule has 35 heavy (non-hydrogen) atoms. The van der Waals surface area contributed by atoms with Crippen molar-refractivity contribution >= 4 is 29.1 Å². The molecule has 0 aromatic heterocycles. The molecule has 0 saturated carbocycles. The van der Waals surface area contributed by atoms with Gasteiger partial charge in [0.25, 0.3) is 5.91 Å². The molecule has 1 fully saturated rings. The molecule has 0 spiro atoms. The van der Waals surface area contributed by atoms with Crippen molar-refractivity contribution in [2.75, 3.05) is 25.5 Å². The largest absolute Gasteiger partial charge is 0.495 e. The molecule has 0 aliphatic carbocycles. The second-order valence-corrected chi connectivity index (χ2v) is 9.02.